The lowest BCUT2D eigenvalue weighted by Crippen LogP contribution is -2.15. The van der Waals surface area contributed by atoms with Crippen LogP contribution in [0, 0.1) is 0 Å². The number of halogens is 3. The molecule has 0 saturated carbocycles. The Morgan fingerprint density at radius 1 is 0.938 bits per heavy atom. The predicted octanol–water partition coefficient (Wildman–Crippen LogP) is 5.45. The van der Waals surface area contributed by atoms with E-state index < -0.39 is 17.4 Å². The Balaban J connectivity index is 1.46. The maximum Gasteiger partial charge on any atom is 0.416 e. The van der Waals surface area contributed by atoms with Gasteiger partial charge in [0.15, 0.2) is 5.16 Å². The maximum absolute atomic E-state index is 12.9. The summed E-state index contributed by atoms with van der Waals surface area (Å²) < 4.78 is 45.9. The smallest absolute Gasteiger partial charge is 0.416 e. The number of benzene rings is 3. The van der Waals surface area contributed by atoms with Crippen LogP contribution in [0.2, 0.25) is 0 Å². The van der Waals surface area contributed by atoms with E-state index in [1.165, 1.54) is 22.4 Å². The van der Waals surface area contributed by atoms with Crippen molar-refractivity contribution < 1.29 is 17.9 Å². The second-order valence-electron chi connectivity index (χ2n) is 6.90. The van der Waals surface area contributed by atoms with Crippen molar-refractivity contribution in [2.75, 3.05) is 0 Å². The van der Waals surface area contributed by atoms with E-state index in [1.54, 1.807) is 30.3 Å². The minimum absolute atomic E-state index is 0.229. The van der Waals surface area contributed by atoms with Crippen molar-refractivity contribution >= 4 is 11.8 Å². The average molecular weight is 457 g/mol. The fraction of sp³-hybridized carbons (Fsp3) is 0.130. The van der Waals surface area contributed by atoms with Crippen LogP contribution in [0.15, 0.2) is 88.8 Å². The first-order chi connectivity index (χ1) is 15.4. The molecule has 0 aliphatic rings. The number of ether oxygens (including phenoxy) is 1. The van der Waals surface area contributed by atoms with E-state index in [0.29, 0.717) is 28.8 Å². The number of hydrogen-bond acceptors (Lipinski definition) is 4. The molecular formula is C23H18F3N3O2S. The van der Waals surface area contributed by atoms with Crippen LogP contribution in [0.1, 0.15) is 16.7 Å². The number of aromatic amines is 1. The van der Waals surface area contributed by atoms with E-state index in [1.807, 2.05) is 30.3 Å². The number of hydrogen-bond donors (Lipinski definition) is 1. The van der Waals surface area contributed by atoms with Crippen LogP contribution in [-0.4, -0.2) is 14.8 Å². The van der Waals surface area contributed by atoms with Crippen molar-refractivity contribution in [3.63, 3.8) is 0 Å². The summed E-state index contributed by atoms with van der Waals surface area (Å²) in [6.07, 6.45) is -4.40. The molecule has 5 nitrogen and oxygen atoms in total. The van der Waals surface area contributed by atoms with Gasteiger partial charge < -0.3 is 4.74 Å². The number of nitrogens with zero attached hydrogens (tertiary/aromatic N) is 2. The molecule has 0 aliphatic heterocycles. The maximum atomic E-state index is 12.9. The fourth-order valence-electron chi connectivity index (χ4n) is 3.02. The van der Waals surface area contributed by atoms with Crippen molar-refractivity contribution in [1.29, 1.82) is 0 Å². The van der Waals surface area contributed by atoms with Crippen molar-refractivity contribution in [2.45, 2.75) is 23.7 Å². The van der Waals surface area contributed by atoms with Crippen molar-refractivity contribution in [2.24, 2.45) is 0 Å². The molecule has 4 rings (SSSR count). The fourth-order valence-corrected chi connectivity index (χ4v) is 3.93. The normalized spacial score (nSPS) is 11.5. The van der Waals surface area contributed by atoms with E-state index in [9.17, 15) is 18.0 Å². The van der Waals surface area contributed by atoms with Crippen molar-refractivity contribution in [1.82, 2.24) is 14.8 Å². The number of thioether (sulfide) groups is 1. The molecule has 0 unspecified atom stereocenters. The first-order valence-corrected chi connectivity index (χ1v) is 10.6. The predicted molar refractivity (Wildman–Crippen MR) is 116 cm³/mol. The summed E-state index contributed by atoms with van der Waals surface area (Å²) in [4.78, 5) is 12.3. The third kappa shape index (κ3) is 5.23. The summed E-state index contributed by atoms with van der Waals surface area (Å²) in [7, 11) is 0. The molecule has 0 saturated heterocycles. The van der Waals surface area contributed by atoms with Gasteiger partial charge in [-0.25, -0.2) is 14.5 Å². The molecule has 32 heavy (non-hydrogen) atoms. The highest BCUT2D eigenvalue weighted by Crippen LogP contribution is 2.31. The van der Waals surface area contributed by atoms with E-state index in [0.717, 1.165) is 17.7 Å². The van der Waals surface area contributed by atoms with Gasteiger partial charge in [-0.1, -0.05) is 60.3 Å². The molecule has 164 valence electrons. The van der Waals surface area contributed by atoms with E-state index in [-0.39, 0.29) is 5.75 Å². The minimum Gasteiger partial charge on any atom is -0.489 e. The Morgan fingerprint density at radius 2 is 1.66 bits per heavy atom. The molecule has 1 aromatic heterocycles. The summed E-state index contributed by atoms with van der Waals surface area (Å²) >= 11 is 1.17. The van der Waals surface area contributed by atoms with Gasteiger partial charge in [-0.05, 0) is 41.5 Å². The quantitative estimate of drug-likeness (QED) is 0.375. The van der Waals surface area contributed by atoms with Gasteiger partial charge in [-0.3, -0.25) is 0 Å². The molecule has 0 bridgehead atoms. The van der Waals surface area contributed by atoms with Gasteiger partial charge >= 0.3 is 11.9 Å². The van der Waals surface area contributed by atoms with Gasteiger partial charge in [0.25, 0.3) is 0 Å². The lowest BCUT2D eigenvalue weighted by atomic mass is 10.1. The zero-order valence-electron chi connectivity index (χ0n) is 16.7. The highest BCUT2D eigenvalue weighted by molar-refractivity contribution is 7.98. The molecule has 0 aliphatic carbocycles. The van der Waals surface area contributed by atoms with Crippen LogP contribution in [0.5, 0.6) is 5.75 Å². The standard InChI is InChI=1S/C23H18F3N3O2S/c24-23(25,26)18-8-4-7-17(13-18)15-32-22-28-27-21(30)29(22)19-9-11-20(12-10-19)31-14-16-5-2-1-3-6-16/h1-13H,14-15H2,(H,27,30). The molecule has 1 heterocycles. The highest BCUT2D eigenvalue weighted by atomic mass is 32.2. The Labute approximate surface area is 185 Å². The Morgan fingerprint density at radius 3 is 2.38 bits per heavy atom. The van der Waals surface area contributed by atoms with Gasteiger partial charge in [0, 0.05) is 5.75 Å². The van der Waals surface area contributed by atoms with Gasteiger partial charge in [0.2, 0.25) is 0 Å². The minimum atomic E-state index is -4.40. The number of nitrogens with one attached hydrogen (secondary N) is 1. The molecule has 0 amide bonds. The van der Waals surface area contributed by atoms with Crippen LogP contribution in [-0.2, 0) is 18.5 Å². The summed E-state index contributed by atoms with van der Waals surface area (Å²) in [5.74, 6) is 0.874. The number of rotatable bonds is 7. The van der Waals surface area contributed by atoms with E-state index >= 15 is 0 Å². The Bertz CT molecular complexity index is 1240. The summed E-state index contributed by atoms with van der Waals surface area (Å²) in [6, 6.07) is 21.8. The van der Waals surface area contributed by atoms with Crippen molar-refractivity contribution in [3.05, 3.63) is 106 Å². The number of alkyl halides is 3. The Hall–Kier alpha value is -3.46. The van der Waals surface area contributed by atoms with Gasteiger partial charge in [-0.2, -0.15) is 13.2 Å². The lowest BCUT2D eigenvalue weighted by molar-refractivity contribution is -0.137. The van der Waals surface area contributed by atoms with Crippen LogP contribution >= 0.6 is 11.8 Å². The van der Waals surface area contributed by atoms with Crippen LogP contribution in [0.25, 0.3) is 5.69 Å². The number of aromatic nitrogens is 3. The van der Waals surface area contributed by atoms with Crippen LogP contribution in [0.4, 0.5) is 13.2 Å². The molecule has 0 radical (unpaired) electrons. The van der Waals surface area contributed by atoms with Crippen LogP contribution in [0.3, 0.4) is 0 Å². The zero-order chi connectivity index (χ0) is 22.6. The molecule has 9 heteroatoms. The van der Waals surface area contributed by atoms with Gasteiger partial charge in [-0.15, -0.1) is 5.10 Å². The largest absolute Gasteiger partial charge is 0.489 e. The van der Waals surface area contributed by atoms with Crippen LogP contribution < -0.4 is 10.4 Å². The molecule has 0 fully saturated rings. The zero-order valence-corrected chi connectivity index (χ0v) is 17.5. The number of H-pyrrole nitrogens is 1. The van der Waals surface area contributed by atoms with Gasteiger partial charge in [0.1, 0.15) is 12.4 Å². The molecule has 0 atom stereocenters. The molecular weight excluding hydrogens is 439 g/mol. The molecule has 0 spiro atoms. The summed E-state index contributed by atoms with van der Waals surface area (Å²) in [5, 5.41) is 6.76. The molecule has 3 aromatic carbocycles. The molecule has 1 N–H and O–H groups in total. The highest BCUT2D eigenvalue weighted by Gasteiger charge is 2.30. The third-order valence-electron chi connectivity index (χ3n) is 4.61. The van der Waals surface area contributed by atoms with E-state index in [4.69, 9.17) is 4.74 Å². The second-order valence-corrected chi connectivity index (χ2v) is 7.84. The van der Waals surface area contributed by atoms with Crippen molar-refractivity contribution in [3.8, 4) is 11.4 Å². The second kappa shape index (κ2) is 9.35. The first-order valence-electron chi connectivity index (χ1n) is 9.64. The van der Waals surface area contributed by atoms with Gasteiger partial charge in [0.05, 0.1) is 11.3 Å². The monoisotopic (exact) mass is 457 g/mol. The Kier molecular flexibility index (Phi) is 6.36. The summed E-state index contributed by atoms with van der Waals surface area (Å²) in [5.41, 5.74) is 0.949. The third-order valence-corrected chi connectivity index (χ3v) is 5.62. The first kappa shape index (κ1) is 21.8. The molecule has 4 aromatic rings. The van der Waals surface area contributed by atoms with E-state index in [2.05, 4.69) is 10.2 Å². The summed E-state index contributed by atoms with van der Waals surface area (Å²) in [6.45, 7) is 0.421. The topological polar surface area (TPSA) is 59.9 Å². The lowest BCUT2D eigenvalue weighted by Gasteiger charge is -2.10. The average Bonchev–Trinajstić information content (AvgIpc) is 3.17. The SMILES string of the molecule is O=c1[nH]nc(SCc2cccc(C(F)(F)F)c2)n1-c1ccc(OCc2ccccc2)cc1.